The molecule has 1 fully saturated rings. The third-order valence-electron chi connectivity index (χ3n) is 6.94. The summed E-state index contributed by atoms with van der Waals surface area (Å²) in [5.74, 6) is 1.26. The smallest absolute Gasteiger partial charge is 0.362 e. The van der Waals surface area contributed by atoms with E-state index in [-0.39, 0.29) is 18.2 Å². The number of hydrogen-bond donors (Lipinski definition) is 2. The molecule has 2 aliphatic rings. The number of halogens is 5. The maximum Gasteiger partial charge on any atom is 0.416 e. The molecule has 1 saturated carbocycles. The summed E-state index contributed by atoms with van der Waals surface area (Å²) in [6, 6.07) is 1.74. The first-order chi connectivity index (χ1) is 16.6. The Hall–Kier alpha value is -2.13. The lowest BCUT2D eigenvalue weighted by Gasteiger charge is -2.30. The molecule has 0 amide bonds. The van der Waals surface area contributed by atoms with E-state index in [2.05, 4.69) is 15.5 Å². The van der Waals surface area contributed by atoms with Crippen molar-refractivity contribution in [2.24, 2.45) is 5.92 Å². The van der Waals surface area contributed by atoms with Crippen LogP contribution in [-0.2, 0) is 25.6 Å². The number of rotatable bonds is 7. The van der Waals surface area contributed by atoms with Crippen LogP contribution in [0, 0.1) is 11.7 Å². The van der Waals surface area contributed by atoms with Gasteiger partial charge >= 0.3 is 6.18 Å². The van der Waals surface area contributed by atoms with Crippen molar-refractivity contribution in [2.45, 2.75) is 70.1 Å². The highest BCUT2D eigenvalue weighted by molar-refractivity contribution is 6.30. The molecule has 5 nitrogen and oxygen atoms in total. The van der Waals surface area contributed by atoms with E-state index in [1.807, 2.05) is 14.1 Å². The van der Waals surface area contributed by atoms with Gasteiger partial charge in [-0.05, 0) is 76.0 Å². The lowest BCUT2D eigenvalue weighted by atomic mass is 9.86. The number of anilines is 2. The second-order valence-electron chi connectivity index (χ2n) is 9.82. The Balaban J connectivity index is 1.29. The number of aryl methyl sites for hydroxylation is 1. The van der Waals surface area contributed by atoms with E-state index in [9.17, 15) is 17.6 Å². The fourth-order valence-electron chi connectivity index (χ4n) is 5.05. The molecule has 2 aliphatic carbocycles. The van der Waals surface area contributed by atoms with E-state index in [0.29, 0.717) is 24.5 Å². The summed E-state index contributed by atoms with van der Waals surface area (Å²) in [7, 11) is 4.02. The maximum absolute atomic E-state index is 14.2. The molecule has 0 aliphatic heterocycles. The highest BCUT2D eigenvalue weighted by atomic mass is 35.5. The molecule has 1 heterocycles. The van der Waals surface area contributed by atoms with E-state index in [1.54, 1.807) is 0 Å². The number of benzene rings is 1. The molecule has 0 unspecified atom stereocenters. The average Bonchev–Trinajstić information content (AvgIpc) is 2.81. The quantitative estimate of drug-likeness (QED) is 0.445. The molecular formula is C25H32ClF4N5. The Morgan fingerprint density at radius 2 is 1.77 bits per heavy atom. The molecular weight excluding hydrogens is 482 g/mol. The van der Waals surface area contributed by atoms with Crippen LogP contribution in [0.4, 0.5) is 29.3 Å². The van der Waals surface area contributed by atoms with Gasteiger partial charge in [0.1, 0.15) is 11.6 Å². The van der Waals surface area contributed by atoms with Crippen LogP contribution >= 0.6 is 11.6 Å². The Kier molecular flexibility index (Phi) is 8.06. The number of aromatic nitrogens is 2. The topological polar surface area (TPSA) is 53.1 Å². The van der Waals surface area contributed by atoms with Gasteiger partial charge in [0.2, 0.25) is 5.95 Å². The van der Waals surface area contributed by atoms with Gasteiger partial charge in [0.25, 0.3) is 0 Å². The summed E-state index contributed by atoms with van der Waals surface area (Å²) in [5.41, 5.74) is 1.41. The third-order valence-corrected chi connectivity index (χ3v) is 7.22. The highest BCUT2D eigenvalue weighted by Gasteiger charge is 2.32. The maximum atomic E-state index is 14.2. The number of nitrogens with zero attached hydrogens (tertiary/aromatic N) is 3. The molecule has 2 N–H and O–H groups in total. The van der Waals surface area contributed by atoms with Crippen molar-refractivity contribution in [1.29, 1.82) is 0 Å². The van der Waals surface area contributed by atoms with Crippen LogP contribution in [-0.4, -0.2) is 36.6 Å². The predicted molar refractivity (Wildman–Crippen MR) is 130 cm³/mol. The van der Waals surface area contributed by atoms with Gasteiger partial charge in [0, 0.05) is 37.8 Å². The monoisotopic (exact) mass is 513 g/mol. The second kappa shape index (κ2) is 10.9. The van der Waals surface area contributed by atoms with E-state index >= 15 is 0 Å². The molecule has 0 bridgehead atoms. The second-order valence-corrected chi connectivity index (χ2v) is 10.2. The molecule has 10 heteroatoms. The molecule has 0 spiro atoms. The van der Waals surface area contributed by atoms with Gasteiger partial charge in [-0.2, -0.15) is 18.2 Å². The zero-order chi connectivity index (χ0) is 25.2. The molecule has 2 aromatic rings. The largest absolute Gasteiger partial charge is 0.416 e. The minimum atomic E-state index is -4.56. The first kappa shape index (κ1) is 25.9. The van der Waals surface area contributed by atoms with Crippen molar-refractivity contribution >= 4 is 23.4 Å². The third kappa shape index (κ3) is 6.36. The zero-order valence-electron chi connectivity index (χ0n) is 20.1. The van der Waals surface area contributed by atoms with E-state index in [0.717, 1.165) is 62.5 Å². The van der Waals surface area contributed by atoms with Gasteiger partial charge in [0.15, 0.2) is 0 Å². The molecule has 0 saturated heterocycles. The lowest BCUT2D eigenvalue weighted by Crippen LogP contribution is -2.32. The standard InChI is InChI=1S/C25H32ClF4N5/c1-35(2)23-19-5-3-4-6-21(19)33-24(34-23)32-18-9-7-15(8-10-18)13-31-14-16-11-17(25(28,29)30)12-20(26)22(16)27/h11-12,15,18,31H,3-10,13-14H2,1-2H3,(H,32,33,34)/t15-,18+. The number of fused-ring (bicyclic) bond motifs is 1. The predicted octanol–water partition coefficient (Wildman–Crippen LogP) is 5.99. The highest BCUT2D eigenvalue weighted by Crippen LogP contribution is 2.34. The normalized spacial score (nSPS) is 20.4. The molecule has 0 radical (unpaired) electrons. The van der Waals surface area contributed by atoms with E-state index in [4.69, 9.17) is 21.6 Å². The van der Waals surface area contributed by atoms with Gasteiger partial charge < -0.3 is 15.5 Å². The number of alkyl halides is 3. The van der Waals surface area contributed by atoms with Crippen molar-refractivity contribution < 1.29 is 17.6 Å². The summed E-state index contributed by atoms with van der Waals surface area (Å²) in [5, 5.41) is 6.13. The van der Waals surface area contributed by atoms with Crippen molar-refractivity contribution in [3.8, 4) is 0 Å². The van der Waals surface area contributed by atoms with Crippen molar-refractivity contribution in [3.63, 3.8) is 0 Å². The lowest BCUT2D eigenvalue weighted by molar-refractivity contribution is -0.137. The summed E-state index contributed by atoms with van der Waals surface area (Å²) >= 11 is 5.68. The van der Waals surface area contributed by atoms with Gasteiger partial charge in [-0.15, -0.1) is 0 Å². The van der Waals surface area contributed by atoms with Crippen LogP contribution in [0.2, 0.25) is 5.02 Å². The fraction of sp³-hybridized carbons (Fsp3) is 0.600. The Bertz CT molecular complexity index is 1040. The van der Waals surface area contributed by atoms with Crippen molar-refractivity contribution in [2.75, 3.05) is 30.9 Å². The van der Waals surface area contributed by atoms with E-state index < -0.39 is 22.6 Å². The fourth-order valence-corrected chi connectivity index (χ4v) is 5.29. The van der Waals surface area contributed by atoms with Crippen LogP contribution < -0.4 is 15.5 Å². The van der Waals surface area contributed by atoms with Gasteiger partial charge in [0.05, 0.1) is 16.3 Å². The van der Waals surface area contributed by atoms with Crippen LogP contribution in [0.3, 0.4) is 0 Å². The van der Waals surface area contributed by atoms with Crippen LogP contribution in [0.25, 0.3) is 0 Å². The summed E-state index contributed by atoms with van der Waals surface area (Å²) in [6.07, 6.45) is 3.61. The van der Waals surface area contributed by atoms with Crippen molar-refractivity contribution in [3.05, 3.63) is 45.4 Å². The minimum absolute atomic E-state index is 0.00390. The SMILES string of the molecule is CN(C)c1nc(N[C@H]2CC[C@@H](CNCc3cc(C(F)(F)F)cc(Cl)c3F)CC2)nc2c1CCCC2. The van der Waals surface area contributed by atoms with Crippen LogP contribution in [0.15, 0.2) is 12.1 Å². The summed E-state index contributed by atoms with van der Waals surface area (Å²) in [6.45, 7) is 0.615. The average molecular weight is 514 g/mol. The van der Waals surface area contributed by atoms with Crippen molar-refractivity contribution in [1.82, 2.24) is 15.3 Å². The molecule has 35 heavy (non-hydrogen) atoms. The molecule has 192 valence electrons. The van der Waals surface area contributed by atoms with Gasteiger partial charge in [-0.1, -0.05) is 11.6 Å². The molecule has 1 aromatic heterocycles. The first-order valence-electron chi connectivity index (χ1n) is 12.2. The van der Waals surface area contributed by atoms with Gasteiger partial charge in [-0.3, -0.25) is 0 Å². The minimum Gasteiger partial charge on any atom is -0.362 e. The number of nitrogens with one attached hydrogen (secondary N) is 2. The molecule has 0 atom stereocenters. The Morgan fingerprint density at radius 3 is 2.46 bits per heavy atom. The zero-order valence-corrected chi connectivity index (χ0v) is 20.9. The summed E-state index contributed by atoms with van der Waals surface area (Å²) in [4.78, 5) is 11.6. The van der Waals surface area contributed by atoms with E-state index in [1.165, 1.54) is 12.0 Å². The van der Waals surface area contributed by atoms with Gasteiger partial charge in [-0.25, -0.2) is 9.37 Å². The Labute approximate surface area is 208 Å². The van der Waals surface area contributed by atoms with Crippen LogP contribution in [0.1, 0.15) is 60.9 Å². The Morgan fingerprint density at radius 1 is 1.06 bits per heavy atom. The van der Waals surface area contributed by atoms with Crippen LogP contribution in [0.5, 0.6) is 0 Å². The number of hydrogen-bond acceptors (Lipinski definition) is 5. The summed E-state index contributed by atoms with van der Waals surface area (Å²) < 4.78 is 53.2. The molecule has 4 rings (SSSR count). The molecule has 1 aromatic carbocycles. The first-order valence-corrected chi connectivity index (χ1v) is 12.6.